The molecule has 4 heteroatoms. The second-order valence-electron chi connectivity index (χ2n) is 6.24. The molecule has 0 unspecified atom stereocenters. The van der Waals surface area contributed by atoms with Gasteiger partial charge in [0.25, 0.3) is 5.72 Å². The number of nitrogens with zero attached hydrogens (tertiary/aromatic N) is 2. The highest BCUT2D eigenvalue weighted by Crippen LogP contribution is 2.37. The van der Waals surface area contributed by atoms with E-state index in [0.29, 0.717) is 6.54 Å². The van der Waals surface area contributed by atoms with Crippen LogP contribution >= 0.6 is 11.8 Å². The van der Waals surface area contributed by atoms with Gasteiger partial charge in [-0.25, -0.2) is 9.48 Å². The molecule has 1 N–H and O–H groups in total. The minimum Gasteiger partial charge on any atom is -0.346 e. The maximum atomic E-state index is 11.5. The first-order chi connectivity index (χ1) is 11.2. The minimum atomic E-state index is -0.951. The van der Waals surface area contributed by atoms with Gasteiger partial charge < -0.3 is 5.11 Å². The fraction of sp³-hybridized carbons (Fsp3) is 0.316. The van der Waals surface area contributed by atoms with Gasteiger partial charge in [0.05, 0.1) is 6.54 Å². The Morgan fingerprint density at radius 2 is 1.96 bits per heavy atom. The van der Waals surface area contributed by atoms with Gasteiger partial charge in [-0.1, -0.05) is 42.5 Å². The summed E-state index contributed by atoms with van der Waals surface area (Å²) >= 11 is 1.85. The zero-order chi connectivity index (χ0) is 15.9. The minimum absolute atomic E-state index is 0.572. The van der Waals surface area contributed by atoms with Crippen LogP contribution < -0.4 is 4.90 Å². The van der Waals surface area contributed by atoms with Gasteiger partial charge >= 0.3 is 5.17 Å². The number of hydrogen-bond acceptors (Lipinski definition) is 3. The number of benzene rings is 2. The summed E-state index contributed by atoms with van der Waals surface area (Å²) in [6.07, 6.45) is 1.10. The molecule has 23 heavy (non-hydrogen) atoms. The third-order valence-electron chi connectivity index (χ3n) is 4.59. The quantitative estimate of drug-likeness (QED) is 0.859. The highest BCUT2D eigenvalue weighted by molar-refractivity contribution is 8.13. The summed E-state index contributed by atoms with van der Waals surface area (Å²) in [4.78, 5) is 2.27. The van der Waals surface area contributed by atoms with Crippen LogP contribution in [0.2, 0.25) is 0 Å². The van der Waals surface area contributed by atoms with Crippen molar-refractivity contribution in [2.75, 3.05) is 23.7 Å². The molecule has 4 rings (SSSR count). The van der Waals surface area contributed by atoms with E-state index < -0.39 is 5.72 Å². The molecule has 2 aromatic rings. The Hall–Kier alpha value is -1.78. The number of hydrogen-bond donors (Lipinski definition) is 1. The van der Waals surface area contributed by atoms with E-state index >= 15 is 0 Å². The van der Waals surface area contributed by atoms with Crippen LogP contribution in [0.5, 0.6) is 0 Å². The lowest BCUT2D eigenvalue weighted by Gasteiger charge is -2.24. The maximum absolute atomic E-state index is 11.5. The Morgan fingerprint density at radius 1 is 1.13 bits per heavy atom. The van der Waals surface area contributed by atoms with Crippen molar-refractivity contribution in [1.29, 1.82) is 0 Å². The standard InChI is InChI=1S/C19H21N2OS/c1-15-7-5-10-17(13-15)20-14-19(22,16-8-3-2-4-9-16)21-11-6-12-23-18(20)21/h2-5,7-10,13,22H,6,11-12,14H2,1H3/q+1/t19-/m1/s1. The Morgan fingerprint density at radius 3 is 2.74 bits per heavy atom. The van der Waals surface area contributed by atoms with Crippen LogP contribution in [-0.4, -0.2) is 33.7 Å². The smallest absolute Gasteiger partial charge is 0.316 e. The second kappa shape index (κ2) is 5.69. The monoisotopic (exact) mass is 325 g/mol. The average molecular weight is 325 g/mol. The van der Waals surface area contributed by atoms with Crippen LogP contribution in [0.1, 0.15) is 17.5 Å². The lowest BCUT2D eigenvalue weighted by molar-refractivity contribution is -0.656. The summed E-state index contributed by atoms with van der Waals surface area (Å²) in [7, 11) is 0. The van der Waals surface area contributed by atoms with Crippen LogP contribution in [0.3, 0.4) is 0 Å². The maximum Gasteiger partial charge on any atom is 0.316 e. The van der Waals surface area contributed by atoms with Crippen molar-refractivity contribution in [3.05, 3.63) is 65.7 Å². The molecule has 0 fully saturated rings. The normalized spacial score (nSPS) is 24.0. The lowest BCUT2D eigenvalue weighted by Crippen LogP contribution is -2.41. The predicted octanol–water partition coefficient (Wildman–Crippen LogP) is 3.17. The number of thioether (sulfide) groups is 1. The van der Waals surface area contributed by atoms with Crippen LogP contribution in [-0.2, 0) is 5.72 Å². The van der Waals surface area contributed by atoms with Crippen molar-refractivity contribution in [3.8, 4) is 0 Å². The molecule has 0 radical (unpaired) electrons. The summed E-state index contributed by atoms with van der Waals surface area (Å²) in [6, 6.07) is 18.6. The number of anilines is 1. The number of rotatable bonds is 2. The molecule has 3 nitrogen and oxygen atoms in total. The molecular formula is C19H21N2OS+. The molecule has 0 saturated heterocycles. The van der Waals surface area contributed by atoms with Crippen LogP contribution in [0.15, 0.2) is 54.6 Å². The molecule has 0 amide bonds. The van der Waals surface area contributed by atoms with E-state index in [2.05, 4.69) is 40.7 Å². The summed E-state index contributed by atoms with van der Waals surface area (Å²) in [6.45, 7) is 3.58. The number of aryl methyl sites for hydroxylation is 1. The molecule has 1 atom stereocenters. The second-order valence-corrected chi connectivity index (χ2v) is 7.31. The molecule has 118 valence electrons. The van der Waals surface area contributed by atoms with Crippen molar-refractivity contribution < 1.29 is 9.68 Å². The van der Waals surface area contributed by atoms with Crippen LogP contribution in [0, 0.1) is 6.92 Å². The molecule has 2 aliphatic heterocycles. The van der Waals surface area contributed by atoms with Crippen molar-refractivity contribution in [1.82, 2.24) is 0 Å². The summed E-state index contributed by atoms with van der Waals surface area (Å²) in [5, 5.41) is 12.7. The molecule has 2 aliphatic rings. The number of β-amino-alcohol motifs (C(OH)–C–C–N with tert-alkyl or cyclic N) is 1. The molecule has 0 spiro atoms. The molecule has 0 saturated carbocycles. The van der Waals surface area contributed by atoms with Gasteiger partial charge in [0.1, 0.15) is 5.69 Å². The van der Waals surface area contributed by atoms with Crippen molar-refractivity contribution >= 4 is 22.6 Å². The molecular weight excluding hydrogens is 304 g/mol. The van der Waals surface area contributed by atoms with Gasteiger partial charge in [0.15, 0.2) is 6.54 Å². The molecule has 0 aromatic heterocycles. The van der Waals surface area contributed by atoms with Gasteiger partial charge in [-0.3, -0.25) is 0 Å². The van der Waals surface area contributed by atoms with Crippen LogP contribution in [0.25, 0.3) is 0 Å². The lowest BCUT2D eigenvalue weighted by atomic mass is 10.0. The summed E-state index contributed by atoms with van der Waals surface area (Å²) in [5.41, 5.74) is 2.42. The first kappa shape index (κ1) is 14.8. The Bertz CT molecular complexity index is 759. The Labute approximate surface area is 141 Å². The van der Waals surface area contributed by atoms with Gasteiger partial charge in [-0.05, 0) is 42.8 Å². The summed E-state index contributed by atoms with van der Waals surface area (Å²) in [5.74, 6) is 1.11. The number of amidine groups is 1. The highest BCUT2D eigenvalue weighted by atomic mass is 32.2. The van der Waals surface area contributed by atoms with E-state index in [9.17, 15) is 5.11 Å². The molecule has 0 bridgehead atoms. The van der Waals surface area contributed by atoms with E-state index in [1.807, 2.05) is 42.1 Å². The van der Waals surface area contributed by atoms with Gasteiger partial charge in [0.2, 0.25) is 0 Å². The van der Waals surface area contributed by atoms with Crippen molar-refractivity contribution in [3.63, 3.8) is 0 Å². The highest BCUT2D eigenvalue weighted by Gasteiger charge is 2.53. The van der Waals surface area contributed by atoms with Crippen LogP contribution in [0.4, 0.5) is 5.69 Å². The van der Waals surface area contributed by atoms with Gasteiger partial charge in [0, 0.05) is 11.3 Å². The SMILES string of the molecule is Cc1cccc(N2C[C@@](O)(c3ccccc3)[N+]3=C2SCCC3)c1. The van der Waals surface area contributed by atoms with E-state index in [1.165, 1.54) is 10.7 Å². The first-order valence-electron chi connectivity index (χ1n) is 8.08. The zero-order valence-electron chi connectivity index (χ0n) is 13.3. The topological polar surface area (TPSA) is 26.5 Å². The van der Waals surface area contributed by atoms with E-state index in [-0.39, 0.29) is 0 Å². The van der Waals surface area contributed by atoms with E-state index in [1.54, 1.807) is 0 Å². The largest absolute Gasteiger partial charge is 0.346 e. The Balaban J connectivity index is 1.81. The molecule has 2 heterocycles. The van der Waals surface area contributed by atoms with Crippen molar-refractivity contribution in [2.24, 2.45) is 0 Å². The average Bonchev–Trinajstić information content (AvgIpc) is 2.91. The summed E-state index contributed by atoms with van der Waals surface area (Å²) < 4.78 is 2.18. The zero-order valence-corrected chi connectivity index (χ0v) is 14.1. The fourth-order valence-electron chi connectivity index (χ4n) is 3.45. The molecule has 0 aliphatic carbocycles. The Kier molecular flexibility index (Phi) is 3.66. The predicted molar refractivity (Wildman–Crippen MR) is 96.1 cm³/mol. The third-order valence-corrected chi connectivity index (χ3v) is 5.79. The van der Waals surface area contributed by atoms with Gasteiger partial charge in [-0.2, -0.15) is 0 Å². The number of aliphatic hydroxyl groups is 1. The van der Waals surface area contributed by atoms with E-state index in [0.717, 1.165) is 30.0 Å². The van der Waals surface area contributed by atoms with E-state index in [4.69, 9.17) is 0 Å². The van der Waals surface area contributed by atoms with Gasteiger partial charge in [-0.15, -0.1) is 0 Å². The van der Waals surface area contributed by atoms with Crippen molar-refractivity contribution in [2.45, 2.75) is 19.1 Å². The third kappa shape index (κ3) is 2.46. The first-order valence-corrected chi connectivity index (χ1v) is 9.06. The molecule has 2 aromatic carbocycles. The fourth-order valence-corrected chi connectivity index (χ4v) is 4.63.